The second-order valence-corrected chi connectivity index (χ2v) is 4.12. The molecule has 7 nitrogen and oxygen atoms in total. The van der Waals surface area contributed by atoms with Crippen LogP contribution in [0.5, 0.6) is 17.2 Å². The number of rotatable bonds is 5. The number of nitrogens with zero attached hydrogens (tertiary/aromatic N) is 1. The van der Waals surface area contributed by atoms with Gasteiger partial charge in [-0.3, -0.25) is 0 Å². The van der Waals surface area contributed by atoms with Crippen LogP contribution >= 0.6 is 0 Å². The van der Waals surface area contributed by atoms with Gasteiger partial charge in [0.2, 0.25) is 17.4 Å². The van der Waals surface area contributed by atoms with Crippen LogP contribution < -0.4 is 14.2 Å². The number of hydrogen-bond acceptors (Lipinski definition) is 6. The largest absolute Gasteiger partial charge is 0.493 e. The molecule has 0 amide bonds. The maximum atomic E-state index is 11.0. The summed E-state index contributed by atoms with van der Waals surface area (Å²) in [4.78, 5) is 15.2. The molecule has 112 valence electrons. The second kappa shape index (κ2) is 5.74. The molecule has 0 aliphatic heterocycles. The Morgan fingerprint density at radius 3 is 2.29 bits per heavy atom. The van der Waals surface area contributed by atoms with Crippen molar-refractivity contribution in [2.75, 3.05) is 21.3 Å². The molecule has 7 heteroatoms. The molecule has 21 heavy (non-hydrogen) atoms. The highest BCUT2D eigenvalue weighted by Crippen LogP contribution is 2.44. The van der Waals surface area contributed by atoms with Crippen molar-refractivity contribution in [1.29, 1.82) is 0 Å². The van der Waals surface area contributed by atoms with Crippen molar-refractivity contribution in [3.05, 3.63) is 23.6 Å². The third kappa shape index (κ3) is 2.49. The molecule has 0 saturated carbocycles. The molecule has 1 aromatic heterocycles. The number of carbonyl (C=O) groups is 1. The Morgan fingerprint density at radius 2 is 1.81 bits per heavy atom. The van der Waals surface area contributed by atoms with Crippen LogP contribution in [-0.4, -0.2) is 37.4 Å². The van der Waals surface area contributed by atoms with E-state index in [-0.39, 0.29) is 17.3 Å². The van der Waals surface area contributed by atoms with E-state index in [0.717, 1.165) is 0 Å². The molecule has 2 aromatic rings. The van der Waals surface area contributed by atoms with E-state index in [0.29, 0.717) is 22.8 Å². The van der Waals surface area contributed by atoms with Crippen molar-refractivity contribution in [3.63, 3.8) is 0 Å². The smallest absolute Gasteiger partial charge is 0.373 e. The molecule has 0 atom stereocenters. The number of aryl methyl sites for hydroxylation is 1. The van der Waals surface area contributed by atoms with Crippen LogP contribution in [0.15, 0.2) is 16.5 Å². The van der Waals surface area contributed by atoms with E-state index in [1.807, 2.05) is 0 Å². The van der Waals surface area contributed by atoms with Gasteiger partial charge in [0.25, 0.3) is 0 Å². The Bertz CT molecular complexity index is 676. The molecule has 2 rings (SSSR count). The number of ether oxygens (including phenoxy) is 3. The highest BCUT2D eigenvalue weighted by Gasteiger charge is 2.23. The third-order valence-corrected chi connectivity index (χ3v) is 2.93. The standard InChI is InChI=1S/C14H15NO6/c1-7-10(14(16)17)21-13(15-7)8-5-6-9(18-2)12(20-4)11(8)19-3/h5-6H,1-4H3,(H,16,17). The van der Waals surface area contributed by atoms with Crippen molar-refractivity contribution in [2.24, 2.45) is 0 Å². The van der Waals surface area contributed by atoms with E-state index in [4.69, 9.17) is 23.7 Å². The summed E-state index contributed by atoms with van der Waals surface area (Å²) in [5, 5.41) is 9.03. The highest BCUT2D eigenvalue weighted by molar-refractivity contribution is 5.86. The number of benzene rings is 1. The molecule has 0 unspecified atom stereocenters. The summed E-state index contributed by atoms with van der Waals surface area (Å²) >= 11 is 0. The molecule has 0 saturated heterocycles. The summed E-state index contributed by atoms with van der Waals surface area (Å²) in [6, 6.07) is 3.33. The first kappa shape index (κ1) is 14.7. The Balaban J connectivity index is 2.64. The molecule has 0 spiro atoms. The van der Waals surface area contributed by atoms with Crippen molar-refractivity contribution in [1.82, 2.24) is 4.98 Å². The molecule has 1 aromatic carbocycles. The lowest BCUT2D eigenvalue weighted by Gasteiger charge is -2.14. The van der Waals surface area contributed by atoms with Crippen LogP contribution in [-0.2, 0) is 0 Å². The number of aromatic nitrogens is 1. The number of oxazole rings is 1. The van der Waals surface area contributed by atoms with Crippen LogP contribution in [0.1, 0.15) is 16.2 Å². The zero-order valence-corrected chi connectivity index (χ0v) is 12.1. The monoisotopic (exact) mass is 293 g/mol. The average molecular weight is 293 g/mol. The molecule has 1 heterocycles. The SMILES string of the molecule is COc1ccc(-c2nc(C)c(C(=O)O)o2)c(OC)c1OC. The molecule has 0 aliphatic rings. The molecule has 0 fully saturated rings. The van der Waals surface area contributed by atoms with Crippen LogP contribution in [0, 0.1) is 6.92 Å². The summed E-state index contributed by atoms with van der Waals surface area (Å²) < 4.78 is 21.1. The molecular weight excluding hydrogens is 278 g/mol. The summed E-state index contributed by atoms with van der Waals surface area (Å²) in [6.07, 6.45) is 0. The lowest BCUT2D eigenvalue weighted by atomic mass is 10.1. The lowest BCUT2D eigenvalue weighted by Crippen LogP contribution is -1.97. The van der Waals surface area contributed by atoms with Gasteiger partial charge in [0.15, 0.2) is 11.5 Å². The molecule has 0 radical (unpaired) electrons. The maximum absolute atomic E-state index is 11.0. The predicted octanol–water partition coefficient (Wildman–Crippen LogP) is 2.37. The van der Waals surface area contributed by atoms with Gasteiger partial charge in [-0.25, -0.2) is 9.78 Å². The minimum atomic E-state index is -1.18. The molecule has 0 bridgehead atoms. The topological polar surface area (TPSA) is 91.0 Å². The molecular formula is C14H15NO6. The van der Waals surface area contributed by atoms with Gasteiger partial charge in [0.1, 0.15) is 0 Å². The van der Waals surface area contributed by atoms with Gasteiger partial charge in [0, 0.05) is 0 Å². The van der Waals surface area contributed by atoms with E-state index >= 15 is 0 Å². The fourth-order valence-corrected chi connectivity index (χ4v) is 1.98. The first-order chi connectivity index (χ1) is 10.0. The van der Waals surface area contributed by atoms with Crippen molar-refractivity contribution >= 4 is 5.97 Å². The fraction of sp³-hybridized carbons (Fsp3) is 0.286. The Morgan fingerprint density at radius 1 is 1.14 bits per heavy atom. The van der Waals surface area contributed by atoms with Gasteiger partial charge in [0.05, 0.1) is 32.6 Å². The van der Waals surface area contributed by atoms with Crippen LogP contribution in [0.2, 0.25) is 0 Å². The minimum absolute atomic E-state index is 0.141. The van der Waals surface area contributed by atoms with Gasteiger partial charge in [-0.2, -0.15) is 0 Å². The van der Waals surface area contributed by atoms with Gasteiger partial charge >= 0.3 is 5.97 Å². The van der Waals surface area contributed by atoms with E-state index in [1.54, 1.807) is 19.1 Å². The van der Waals surface area contributed by atoms with E-state index in [1.165, 1.54) is 21.3 Å². The van der Waals surface area contributed by atoms with Gasteiger partial charge in [-0.15, -0.1) is 0 Å². The third-order valence-electron chi connectivity index (χ3n) is 2.93. The number of methoxy groups -OCH3 is 3. The maximum Gasteiger partial charge on any atom is 0.373 e. The van der Waals surface area contributed by atoms with Crippen LogP contribution in [0.4, 0.5) is 0 Å². The fourth-order valence-electron chi connectivity index (χ4n) is 1.98. The second-order valence-electron chi connectivity index (χ2n) is 4.12. The quantitative estimate of drug-likeness (QED) is 0.904. The predicted molar refractivity (Wildman–Crippen MR) is 73.3 cm³/mol. The Hall–Kier alpha value is -2.70. The van der Waals surface area contributed by atoms with Crippen molar-refractivity contribution < 1.29 is 28.5 Å². The van der Waals surface area contributed by atoms with Crippen LogP contribution in [0.3, 0.4) is 0 Å². The lowest BCUT2D eigenvalue weighted by molar-refractivity contribution is 0.0662. The number of aromatic carboxylic acids is 1. The number of carboxylic acids is 1. The summed E-state index contributed by atoms with van der Waals surface area (Å²) in [6.45, 7) is 1.56. The zero-order valence-electron chi connectivity index (χ0n) is 12.1. The summed E-state index contributed by atoms with van der Waals surface area (Å²) in [5.74, 6) is -0.0182. The zero-order chi connectivity index (χ0) is 15.6. The van der Waals surface area contributed by atoms with Crippen molar-refractivity contribution in [2.45, 2.75) is 6.92 Å². The summed E-state index contributed by atoms with van der Waals surface area (Å²) in [7, 11) is 4.46. The van der Waals surface area contributed by atoms with Crippen molar-refractivity contribution in [3.8, 4) is 28.7 Å². The molecule has 0 aliphatic carbocycles. The van der Waals surface area contributed by atoms with Gasteiger partial charge in [-0.1, -0.05) is 0 Å². The highest BCUT2D eigenvalue weighted by atomic mass is 16.5. The van der Waals surface area contributed by atoms with E-state index in [2.05, 4.69) is 4.98 Å². The normalized spacial score (nSPS) is 10.3. The number of hydrogen-bond donors (Lipinski definition) is 1. The Labute approximate surface area is 121 Å². The number of carboxylic acid groups (broad SMARTS) is 1. The minimum Gasteiger partial charge on any atom is -0.493 e. The average Bonchev–Trinajstić information content (AvgIpc) is 2.87. The van der Waals surface area contributed by atoms with Gasteiger partial charge in [-0.05, 0) is 19.1 Å². The van der Waals surface area contributed by atoms with E-state index < -0.39 is 5.97 Å². The first-order valence-corrected chi connectivity index (χ1v) is 6.03. The molecule has 1 N–H and O–H groups in total. The van der Waals surface area contributed by atoms with Crippen LogP contribution in [0.25, 0.3) is 11.5 Å². The van der Waals surface area contributed by atoms with Gasteiger partial charge < -0.3 is 23.7 Å². The first-order valence-electron chi connectivity index (χ1n) is 6.03. The van der Waals surface area contributed by atoms with E-state index in [9.17, 15) is 4.79 Å². The Kier molecular flexibility index (Phi) is 4.02. The summed E-state index contributed by atoms with van der Waals surface area (Å²) in [5.41, 5.74) is 0.764.